The number of H-pyrrole nitrogens is 1. The summed E-state index contributed by atoms with van der Waals surface area (Å²) in [6.07, 6.45) is 7.10. The number of benzene rings is 1. The summed E-state index contributed by atoms with van der Waals surface area (Å²) >= 11 is 5.91. The van der Waals surface area contributed by atoms with Gasteiger partial charge in [0.2, 0.25) is 0 Å². The number of hydrogen-bond acceptors (Lipinski definition) is 4. The summed E-state index contributed by atoms with van der Waals surface area (Å²) < 4.78 is 43.1. The molecule has 1 atom stereocenters. The highest BCUT2D eigenvalue weighted by molar-refractivity contribution is 7.90. The van der Waals surface area contributed by atoms with E-state index in [1.54, 1.807) is 6.07 Å². The number of aromatic nitrogens is 2. The third-order valence-electron chi connectivity index (χ3n) is 4.33. The van der Waals surface area contributed by atoms with Crippen LogP contribution in [-0.2, 0) is 14.6 Å². The summed E-state index contributed by atoms with van der Waals surface area (Å²) in [7, 11) is -3.43. The minimum Gasteiger partial charge on any atom is -0.362 e. The van der Waals surface area contributed by atoms with Gasteiger partial charge in [-0.25, -0.2) is 17.8 Å². The highest BCUT2D eigenvalue weighted by atomic mass is 35.5. The van der Waals surface area contributed by atoms with Crippen molar-refractivity contribution in [2.24, 2.45) is 0 Å². The maximum Gasteiger partial charge on any atom is 0.194 e. The molecule has 0 aliphatic heterocycles. The summed E-state index contributed by atoms with van der Waals surface area (Å²) in [4.78, 5) is 7.05. The van der Waals surface area contributed by atoms with Gasteiger partial charge in [-0.05, 0) is 30.5 Å². The predicted molar refractivity (Wildman–Crippen MR) is 92.9 cm³/mol. The Labute approximate surface area is 151 Å². The van der Waals surface area contributed by atoms with Gasteiger partial charge in [-0.15, -0.1) is 0 Å². The van der Waals surface area contributed by atoms with Crippen molar-refractivity contribution >= 4 is 21.4 Å². The van der Waals surface area contributed by atoms with Crippen molar-refractivity contribution < 1.29 is 17.5 Å². The molecule has 1 aromatic carbocycles. The maximum atomic E-state index is 13.5. The highest BCUT2D eigenvalue weighted by Crippen LogP contribution is 2.32. The van der Waals surface area contributed by atoms with Crippen LogP contribution in [0.2, 0.25) is 5.02 Å². The first-order chi connectivity index (χ1) is 11.8. The second-order valence-electron chi connectivity index (χ2n) is 6.35. The van der Waals surface area contributed by atoms with Crippen molar-refractivity contribution in [1.29, 1.82) is 0 Å². The standard InChI is InChI=1S/C17H20ClFN2O3S/c1-25(22,23)15-10-20-17(21-15)16(24-12-5-3-2-4-6-12)11-7-8-14(19)13(18)9-11/h7-10,12,16H,2-6H2,1H3,(H,20,21). The van der Waals surface area contributed by atoms with Gasteiger partial charge in [-0.1, -0.05) is 36.9 Å². The van der Waals surface area contributed by atoms with Gasteiger partial charge in [0.25, 0.3) is 0 Å². The molecule has 1 heterocycles. The molecule has 0 spiro atoms. The van der Waals surface area contributed by atoms with Crippen molar-refractivity contribution in [3.05, 3.63) is 46.6 Å². The van der Waals surface area contributed by atoms with Crippen LogP contribution in [0.4, 0.5) is 4.39 Å². The van der Waals surface area contributed by atoms with Gasteiger partial charge in [0.05, 0.1) is 11.1 Å². The van der Waals surface area contributed by atoms with E-state index in [4.69, 9.17) is 16.3 Å². The van der Waals surface area contributed by atoms with Gasteiger partial charge in [0.1, 0.15) is 17.7 Å². The monoisotopic (exact) mass is 386 g/mol. The predicted octanol–water partition coefficient (Wildman–Crippen LogP) is 4.04. The number of imidazole rings is 1. The molecule has 1 unspecified atom stereocenters. The van der Waals surface area contributed by atoms with Crippen LogP contribution in [0.3, 0.4) is 0 Å². The molecule has 1 N–H and O–H groups in total. The molecular formula is C17H20ClFN2O3S. The van der Waals surface area contributed by atoms with Crippen molar-refractivity contribution in [3.63, 3.8) is 0 Å². The van der Waals surface area contributed by atoms with Gasteiger partial charge in [0, 0.05) is 12.5 Å². The fourth-order valence-corrected chi connectivity index (χ4v) is 3.74. The molecule has 0 radical (unpaired) electrons. The minimum atomic E-state index is -3.43. The molecule has 0 saturated heterocycles. The van der Waals surface area contributed by atoms with E-state index in [0.29, 0.717) is 11.4 Å². The minimum absolute atomic E-state index is 0.00960. The third-order valence-corrected chi connectivity index (χ3v) is 5.59. The number of halogens is 2. The van der Waals surface area contributed by atoms with E-state index in [9.17, 15) is 12.8 Å². The molecule has 1 fully saturated rings. The number of aromatic amines is 1. The third kappa shape index (κ3) is 4.40. The summed E-state index contributed by atoms with van der Waals surface area (Å²) in [6, 6.07) is 4.35. The van der Waals surface area contributed by atoms with Crippen LogP contribution in [0, 0.1) is 5.82 Å². The van der Waals surface area contributed by atoms with E-state index < -0.39 is 21.8 Å². The zero-order chi connectivity index (χ0) is 18.0. The highest BCUT2D eigenvalue weighted by Gasteiger charge is 2.26. The summed E-state index contributed by atoms with van der Waals surface area (Å²) in [5.41, 5.74) is 0.631. The van der Waals surface area contributed by atoms with Gasteiger partial charge >= 0.3 is 0 Å². The quantitative estimate of drug-likeness (QED) is 0.841. The van der Waals surface area contributed by atoms with E-state index in [1.165, 1.54) is 24.8 Å². The van der Waals surface area contributed by atoms with E-state index in [0.717, 1.165) is 31.9 Å². The molecular weight excluding hydrogens is 367 g/mol. The first kappa shape index (κ1) is 18.4. The molecule has 3 rings (SSSR count). The fourth-order valence-electron chi connectivity index (χ4n) is 3.01. The number of rotatable bonds is 5. The second kappa shape index (κ2) is 7.43. The Bertz CT molecular complexity index is 847. The molecule has 8 heteroatoms. The van der Waals surface area contributed by atoms with Gasteiger partial charge in [-0.2, -0.15) is 0 Å². The number of ether oxygens (including phenoxy) is 1. The smallest absolute Gasteiger partial charge is 0.194 e. The van der Waals surface area contributed by atoms with Crippen LogP contribution < -0.4 is 0 Å². The number of nitrogens with one attached hydrogen (secondary N) is 1. The van der Waals surface area contributed by atoms with Crippen molar-refractivity contribution in [3.8, 4) is 0 Å². The Balaban J connectivity index is 1.95. The fraction of sp³-hybridized carbons (Fsp3) is 0.471. The number of hydrogen-bond donors (Lipinski definition) is 1. The zero-order valence-corrected chi connectivity index (χ0v) is 15.4. The second-order valence-corrected chi connectivity index (χ2v) is 8.72. The molecule has 1 aromatic heterocycles. The van der Waals surface area contributed by atoms with E-state index in [1.807, 2.05) is 0 Å². The van der Waals surface area contributed by atoms with Crippen LogP contribution in [-0.4, -0.2) is 30.7 Å². The lowest BCUT2D eigenvalue weighted by atomic mass is 9.97. The lowest BCUT2D eigenvalue weighted by Gasteiger charge is -2.27. The maximum absolute atomic E-state index is 13.5. The summed E-state index contributed by atoms with van der Waals surface area (Å²) in [5, 5.41) is -0.0578. The van der Waals surface area contributed by atoms with Crippen molar-refractivity contribution in [2.45, 2.75) is 49.3 Å². The molecule has 136 valence electrons. The van der Waals surface area contributed by atoms with E-state index in [2.05, 4.69) is 9.97 Å². The first-order valence-corrected chi connectivity index (χ1v) is 10.5. The molecule has 2 aromatic rings. The molecule has 0 amide bonds. The Kier molecular flexibility index (Phi) is 5.46. The van der Waals surface area contributed by atoms with Crippen LogP contribution in [0.15, 0.2) is 29.4 Å². The largest absolute Gasteiger partial charge is 0.362 e. The van der Waals surface area contributed by atoms with Crippen LogP contribution in [0.5, 0.6) is 0 Å². The topological polar surface area (TPSA) is 72.0 Å². The zero-order valence-electron chi connectivity index (χ0n) is 13.8. The molecule has 1 saturated carbocycles. The van der Waals surface area contributed by atoms with Crippen LogP contribution in [0.25, 0.3) is 0 Å². The number of sulfone groups is 1. The first-order valence-electron chi connectivity index (χ1n) is 8.20. The van der Waals surface area contributed by atoms with Gasteiger partial charge in [0.15, 0.2) is 14.9 Å². The molecule has 25 heavy (non-hydrogen) atoms. The van der Waals surface area contributed by atoms with Crippen LogP contribution in [0.1, 0.15) is 49.6 Å². The van der Waals surface area contributed by atoms with Gasteiger partial charge in [-0.3, -0.25) is 0 Å². The molecule has 5 nitrogen and oxygen atoms in total. The Morgan fingerprint density at radius 2 is 2.04 bits per heavy atom. The van der Waals surface area contributed by atoms with Crippen molar-refractivity contribution in [1.82, 2.24) is 9.97 Å². The molecule has 1 aliphatic rings. The SMILES string of the molecule is CS(=O)(=O)c1c[nH]c(C(OC2CCCCC2)c2ccc(F)c(Cl)c2)n1. The van der Waals surface area contributed by atoms with E-state index >= 15 is 0 Å². The van der Waals surface area contributed by atoms with Gasteiger partial charge < -0.3 is 9.72 Å². The van der Waals surface area contributed by atoms with E-state index in [-0.39, 0.29) is 16.2 Å². The summed E-state index contributed by atoms with van der Waals surface area (Å²) in [5.74, 6) is -0.147. The average Bonchev–Trinajstić information content (AvgIpc) is 3.06. The van der Waals surface area contributed by atoms with Crippen molar-refractivity contribution in [2.75, 3.05) is 6.26 Å². The molecule has 0 bridgehead atoms. The normalized spacial score (nSPS) is 17.6. The number of nitrogens with zero attached hydrogens (tertiary/aromatic N) is 1. The lowest BCUT2D eigenvalue weighted by Crippen LogP contribution is -2.21. The lowest BCUT2D eigenvalue weighted by molar-refractivity contribution is -0.0154. The summed E-state index contributed by atoms with van der Waals surface area (Å²) in [6.45, 7) is 0. The Morgan fingerprint density at radius 3 is 2.64 bits per heavy atom. The Hall–Kier alpha value is -1.44. The Morgan fingerprint density at radius 1 is 1.32 bits per heavy atom. The molecule has 1 aliphatic carbocycles. The van der Waals surface area contributed by atoms with Crippen LogP contribution >= 0.6 is 11.6 Å². The average molecular weight is 387 g/mol.